The van der Waals surface area contributed by atoms with Crippen LogP contribution in [0.2, 0.25) is 0 Å². The highest BCUT2D eigenvalue weighted by atomic mass is 14.9. The van der Waals surface area contributed by atoms with E-state index in [0.717, 1.165) is 18.7 Å². The first-order valence-corrected chi connectivity index (χ1v) is 4.13. The van der Waals surface area contributed by atoms with Gasteiger partial charge in [0.15, 0.2) is 0 Å². The van der Waals surface area contributed by atoms with Crippen LogP contribution in [0.25, 0.3) is 0 Å². The van der Waals surface area contributed by atoms with Crippen molar-refractivity contribution in [2.24, 2.45) is 5.73 Å². The van der Waals surface area contributed by atoms with Crippen molar-refractivity contribution >= 4 is 0 Å². The van der Waals surface area contributed by atoms with Crippen molar-refractivity contribution in [1.82, 2.24) is 9.97 Å². The van der Waals surface area contributed by atoms with Gasteiger partial charge in [0.2, 0.25) is 0 Å². The molecule has 12 heavy (non-hydrogen) atoms. The zero-order chi connectivity index (χ0) is 9.03. The van der Waals surface area contributed by atoms with Crippen molar-refractivity contribution in [3.63, 3.8) is 0 Å². The Kier molecular flexibility index (Phi) is 2.76. The molecular weight excluding hydrogens is 150 g/mol. The molecule has 2 N–H and O–H groups in total. The van der Waals surface area contributed by atoms with Gasteiger partial charge in [0, 0.05) is 24.4 Å². The first kappa shape index (κ1) is 9.13. The van der Waals surface area contributed by atoms with Crippen LogP contribution < -0.4 is 5.73 Å². The SMILES string of the molecule is CC(C)(N)CCc1ncccn1. The fourth-order valence-corrected chi connectivity index (χ4v) is 0.893. The molecule has 0 saturated heterocycles. The smallest absolute Gasteiger partial charge is 0.128 e. The average molecular weight is 165 g/mol. The Hall–Kier alpha value is -0.960. The van der Waals surface area contributed by atoms with E-state index in [9.17, 15) is 0 Å². The zero-order valence-corrected chi connectivity index (χ0v) is 7.62. The summed E-state index contributed by atoms with van der Waals surface area (Å²) in [6.45, 7) is 4.02. The van der Waals surface area contributed by atoms with Gasteiger partial charge in [-0.15, -0.1) is 0 Å². The minimum absolute atomic E-state index is 0.126. The van der Waals surface area contributed by atoms with Crippen molar-refractivity contribution in [3.8, 4) is 0 Å². The normalized spacial score (nSPS) is 11.6. The van der Waals surface area contributed by atoms with Crippen LogP contribution in [0.4, 0.5) is 0 Å². The summed E-state index contributed by atoms with van der Waals surface area (Å²) in [7, 11) is 0. The molecule has 0 amide bonds. The predicted octanol–water partition coefficient (Wildman–Crippen LogP) is 1.15. The third-order valence-corrected chi connectivity index (χ3v) is 1.61. The number of nitrogens with two attached hydrogens (primary N) is 1. The Bertz CT molecular complexity index is 225. The van der Waals surface area contributed by atoms with Crippen LogP contribution in [0.15, 0.2) is 18.5 Å². The number of rotatable bonds is 3. The second-order valence-corrected chi connectivity index (χ2v) is 3.65. The van der Waals surface area contributed by atoms with Gasteiger partial charge in [-0.1, -0.05) is 0 Å². The Morgan fingerprint density at radius 1 is 1.33 bits per heavy atom. The second-order valence-electron chi connectivity index (χ2n) is 3.65. The molecule has 0 atom stereocenters. The molecule has 66 valence electrons. The monoisotopic (exact) mass is 165 g/mol. The summed E-state index contributed by atoms with van der Waals surface area (Å²) in [6, 6.07) is 1.82. The van der Waals surface area contributed by atoms with Crippen molar-refractivity contribution in [1.29, 1.82) is 0 Å². The number of hydrogen-bond donors (Lipinski definition) is 1. The summed E-state index contributed by atoms with van der Waals surface area (Å²) in [5.74, 6) is 0.871. The second kappa shape index (κ2) is 3.63. The third kappa shape index (κ3) is 3.44. The Morgan fingerprint density at radius 3 is 2.42 bits per heavy atom. The molecule has 0 aromatic carbocycles. The summed E-state index contributed by atoms with van der Waals surface area (Å²) < 4.78 is 0. The first-order valence-electron chi connectivity index (χ1n) is 4.13. The lowest BCUT2D eigenvalue weighted by atomic mass is 10.00. The largest absolute Gasteiger partial charge is 0.326 e. The highest BCUT2D eigenvalue weighted by Crippen LogP contribution is 2.06. The number of nitrogens with zero attached hydrogens (tertiary/aromatic N) is 2. The quantitative estimate of drug-likeness (QED) is 0.730. The van der Waals surface area contributed by atoms with Gasteiger partial charge in [-0.05, 0) is 26.3 Å². The zero-order valence-electron chi connectivity index (χ0n) is 7.62. The summed E-state index contributed by atoms with van der Waals surface area (Å²) in [6.07, 6.45) is 5.28. The minimum atomic E-state index is -0.126. The van der Waals surface area contributed by atoms with Crippen LogP contribution in [-0.4, -0.2) is 15.5 Å². The van der Waals surface area contributed by atoms with E-state index in [4.69, 9.17) is 5.73 Å². The molecule has 1 aromatic heterocycles. The summed E-state index contributed by atoms with van der Waals surface area (Å²) in [5, 5.41) is 0. The summed E-state index contributed by atoms with van der Waals surface area (Å²) in [4.78, 5) is 8.23. The van der Waals surface area contributed by atoms with Crippen molar-refractivity contribution in [2.75, 3.05) is 0 Å². The predicted molar refractivity (Wildman–Crippen MR) is 48.6 cm³/mol. The van der Waals surface area contributed by atoms with Crippen LogP contribution in [0.1, 0.15) is 26.1 Å². The maximum atomic E-state index is 5.83. The van der Waals surface area contributed by atoms with Crippen LogP contribution in [0.5, 0.6) is 0 Å². The molecule has 0 radical (unpaired) electrons. The van der Waals surface area contributed by atoms with E-state index in [0.29, 0.717) is 0 Å². The lowest BCUT2D eigenvalue weighted by molar-refractivity contribution is 0.471. The van der Waals surface area contributed by atoms with E-state index in [1.807, 2.05) is 19.9 Å². The lowest BCUT2D eigenvalue weighted by Crippen LogP contribution is -2.32. The van der Waals surface area contributed by atoms with Crippen LogP contribution >= 0.6 is 0 Å². The minimum Gasteiger partial charge on any atom is -0.326 e. The molecule has 1 heterocycles. The third-order valence-electron chi connectivity index (χ3n) is 1.61. The molecule has 0 aliphatic heterocycles. The number of aromatic nitrogens is 2. The molecule has 0 spiro atoms. The van der Waals surface area contributed by atoms with Gasteiger partial charge in [0.25, 0.3) is 0 Å². The van der Waals surface area contributed by atoms with Crippen LogP contribution in [0.3, 0.4) is 0 Å². The fourth-order valence-electron chi connectivity index (χ4n) is 0.893. The number of hydrogen-bond acceptors (Lipinski definition) is 3. The van der Waals surface area contributed by atoms with Crippen molar-refractivity contribution in [3.05, 3.63) is 24.3 Å². The van der Waals surface area contributed by atoms with E-state index in [1.165, 1.54) is 0 Å². The highest BCUT2D eigenvalue weighted by molar-refractivity contribution is 4.90. The van der Waals surface area contributed by atoms with Gasteiger partial charge in [-0.2, -0.15) is 0 Å². The van der Waals surface area contributed by atoms with Crippen molar-refractivity contribution < 1.29 is 0 Å². The molecular formula is C9H15N3. The van der Waals surface area contributed by atoms with E-state index in [2.05, 4.69) is 9.97 Å². The Labute approximate surface area is 73.0 Å². The molecule has 1 rings (SSSR count). The maximum absolute atomic E-state index is 5.83. The molecule has 0 fully saturated rings. The van der Waals surface area contributed by atoms with Gasteiger partial charge in [-0.3, -0.25) is 0 Å². The van der Waals surface area contributed by atoms with Gasteiger partial charge in [0.05, 0.1) is 0 Å². The average Bonchev–Trinajstić information content (AvgIpc) is 2.02. The molecule has 0 bridgehead atoms. The summed E-state index contributed by atoms with van der Waals surface area (Å²) in [5.41, 5.74) is 5.70. The van der Waals surface area contributed by atoms with Gasteiger partial charge >= 0.3 is 0 Å². The topological polar surface area (TPSA) is 51.8 Å². The Morgan fingerprint density at radius 2 is 1.92 bits per heavy atom. The molecule has 3 heteroatoms. The van der Waals surface area contributed by atoms with Crippen LogP contribution in [0, 0.1) is 0 Å². The fraction of sp³-hybridized carbons (Fsp3) is 0.556. The molecule has 0 aliphatic carbocycles. The molecule has 0 unspecified atom stereocenters. The van der Waals surface area contributed by atoms with E-state index >= 15 is 0 Å². The lowest BCUT2D eigenvalue weighted by Gasteiger charge is -2.16. The summed E-state index contributed by atoms with van der Waals surface area (Å²) >= 11 is 0. The molecule has 0 saturated carbocycles. The molecule has 1 aromatic rings. The highest BCUT2D eigenvalue weighted by Gasteiger charge is 2.10. The van der Waals surface area contributed by atoms with E-state index in [1.54, 1.807) is 12.4 Å². The first-order chi connectivity index (χ1) is 5.58. The van der Waals surface area contributed by atoms with Gasteiger partial charge < -0.3 is 5.73 Å². The van der Waals surface area contributed by atoms with E-state index in [-0.39, 0.29) is 5.54 Å². The molecule has 0 aliphatic rings. The van der Waals surface area contributed by atoms with Gasteiger partial charge in [0.1, 0.15) is 5.82 Å². The molecule has 3 nitrogen and oxygen atoms in total. The Balaban J connectivity index is 2.44. The number of aryl methyl sites for hydroxylation is 1. The maximum Gasteiger partial charge on any atom is 0.128 e. The van der Waals surface area contributed by atoms with Gasteiger partial charge in [-0.25, -0.2) is 9.97 Å². The van der Waals surface area contributed by atoms with Crippen LogP contribution in [-0.2, 0) is 6.42 Å². The van der Waals surface area contributed by atoms with Crippen molar-refractivity contribution in [2.45, 2.75) is 32.2 Å². The van der Waals surface area contributed by atoms with E-state index < -0.39 is 0 Å². The standard InChI is InChI=1S/C9H15N3/c1-9(2,10)5-4-8-11-6-3-7-12-8/h3,6-7H,4-5,10H2,1-2H3.